The van der Waals surface area contributed by atoms with Gasteiger partial charge in [-0.25, -0.2) is 4.39 Å². The largest absolute Gasteiger partial charge is 0.489 e. The first-order valence-electron chi connectivity index (χ1n) is 6.22. The zero-order valence-electron chi connectivity index (χ0n) is 10.9. The summed E-state index contributed by atoms with van der Waals surface area (Å²) in [6, 6.07) is 7.68. The van der Waals surface area contributed by atoms with Crippen LogP contribution in [0.25, 0.3) is 0 Å². The lowest BCUT2D eigenvalue weighted by atomic mass is 10.1. The molecule has 2 aromatic carbocycles. The van der Waals surface area contributed by atoms with Crippen molar-refractivity contribution < 1.29 is 18.6 Å². The summed E-state index contributed by atoms with van der Waals surface area (Å²) < 4.78 is 29.8. The van der Waals surface area contributed by atoms with Crippen molar-refractivity contribution in [2.24, 2.45) is 0 Å². The molecule has 0 bridgehead atoms. The Bertz CT molecular complexity index is 656. The Morgan fingerprint density at radius 2 is 1.86 bits per heavy atom. The van der Waals surface area contributed by atoms with Crippen LogP contribution in [0.2, 0.25) is 10.0 Å². The minimum Gasteiger partial charge on any atom is -0.489 e. The van der Waals surface area contributed by atoms with Crippen LogP contribution in [-0.2, 0) is 18.0 Å². The third-order valence-corrected chi connectivity index (χ3v) is 3.42. The van der Waals surface area contributed by atoms with E-state index in [4.69, 9.17) is 37.4 Å². The first kappa shape index (κ1) is 14.4. The van der Waals surface area contributed by atoms with Crippen molar-refractivity contribution in [3.05, 3.63) is 57.3 Å². The summed E-state index contributed by atoms with van der Waals surface area (Å²) in [7, 11) is 0. The number of hydrogen-bond acceptors (Lipinski definition) is 3. The minimum atomic E-state index is -0.356. The van der Waals surface area contributed by atoms with Crippen LogP contribution in [0.4, 0.5) is 4.39 Å². The molecule has 0 aliphatic carbocycles. The number of rotatable bonds is 3. The van der Waals surface area contributed by atoms with E-state index >= 15 is 0 Å². The zero-order valence-corrected chi connectivity index (χ0v) is 12.4. The quantitative estimate of drug-likeness (QED) is 0.825. The lowest BCUT2D eigenvalue weighted by Crippen LogP contribution is -2.14. The highest BCUT2D eigenvalue weighted by Gasteiger charge is 2.17. The maximum absolute atomic E-state index is 13.6. The number of hydrogen-bond donors (Lipinski definition) is 0. The molecule has 0 radical (unpaired) electrons. The molecule has 0 atom stereocenters. The molecule has 1 heterocycles. The molecule has 3 nitrogen and oxygen atoms in total. The van der Waals surface area contributed by atoms with Gasteiger partial charge in [0.2, 0.25) is 0 Å². The van der Waals surface area contributed by atoms with Crippen LogP contribution >= 0.6 is 23.2 Å². The fourth-order valence-corrected chi connectivity index (χ4v) is 2.64. The van der Waals surface area contributed by atoms with Gasteiger partial charge in [-0.1, -0.05) is 23.2 Å². The fraction of sp³-hybridized carbons (Fsp3) is 0.200. The van der Waals surface area contributed by atoms with Crippen LogP contribution in [-0.4, -0.2) is 6.79 Å². The molecule has 2 aromatic rings. The van der Waals surface area contributed by atoms with Gasteiger partial charge in [-0.3, -0.25) is 0 Å². The van der Waals surface area contributed by atoms with Crippen LogP contribution in [0, 0.1) is 5.82 Å². The van der Waals surface area contributed by atoms with Crippen molar-refractivity contribution in [1.29, 1.82) is 0 Å². The summed E-state index contributed by atoms with van der Waals surface area (Å²) in [4.78, 5) is 0. The van der Waals surface area contributed by atoms with Crippen molar-refractivity contribution in [2.75, 3.05) is 6.79 Å². The van der Waals surface area contributed by atoms with Crippen LogP contribution in [0.1, 0.15) is 11.1 Å². The average Bonchev–Trinajstić information content (AvgIpc) is 2.43. The van der Waals surface area contributed by atoms with Gasteiger partial charge in [-0.15, -0.1) is 0 Å². The smallest absolute Gasteiger partial charge is 0.189 e. The summed E-state index contributed by atoms with van der Waals surface area (Å²) in [5.41, 5.74) is 1.29. The number of halogens is 3. The second kappa shape index (κ2) is 6.10. The van der Waals surface area contributed by atoms with Gasteiger partial charge in [0.15, 0.2) is 6.79 Å². The van der Waals surface area contributed by atoms with Gasteiger partial charge < -0.3 is 14.2 Å². The molecule has 110 valence electrons. The van der Waals surface area contributed by atoms with E-state index in [2.05, 4.69) is 0 Å². The molecule has 1 aliphatic heterocycles. The molecule has 0 amide bonds. The van der Waals surface area contributed by atoms with E-state index in [9.17, 15) is 4.39 Å². The van der Waals surface area contributed by atoms with Crippen molar-refractivity contribution in [2.45, 2.75) is 13.2 Å². The van der Waals surface area contributed by atoms with E-state index < -0.39 is 0 Å². The van der Waals surface area contributed by atoms with E-state index in [0.717, 1.165) is 0 Å². The van der Waals surface area contributed by atoms with E-state index in [1.807, 2.05) is 0 Å². The van der Waals surface area contributed by atoms with Crippen molar-refractivity contribution in [1.82, 2.24) is 0 Å². The van der Waals surface area contributed by atoms with Gasteiger partial charge in [0.05, 0.1) is 6.61 Å². The first-order valence-corrected chi connectivity index (χ1v) is 6.98. The highest BCUT2D eigenvalue weighted by Crippen LogP contribution is 2.31. The Balaban J connectivity index is 1.83. The topological polar surface area (TPSA) is 27.7 Å². The second-order valence-corrected chi connectivity index (χ2v) is 5.43. The standard InChI is InChI=1S/C15H11Cl2FO3/c16-11-3-12(17)5-14(4-11)20-7-10-2-13(18)1-9-6-19-8-21-15(9)10/h1-5H,6-8H2. The number of ether oxygens (including phenoxy) is 3. The Kier molecular flexibility index (Phi) is 4.19. The van der Waals surface area contributed by atoms with Crippen LogP contribution in [0.15, 0.2) is 30.3 Å². The van der Waals surface area contributed by atoms with Crippen LogP contribution in [0.5, 0.6) is 11.5 Å². The van der Waals surface area contributed by atoms with Crippen molar-refractivity contribution >= 4 is 23.2 Å². The Morgan fingerprint density at radius 1 is 1.10 bits per heavy atom. The molecular weight excluding hydrogens is 318 g/mol. The maximum Gasteiger partial charge on any atom is 0.189 e. The molecule has 0 fully saturated rings. The lowest BCUT2D eigenvalue weighted by molar-refractivity contribution is -0.0178. The van der Waals surface area contributed by atoms with E-state index in [1.54, 1.807) is 18.2 Å². The lowest BCUT2D eigenvalue weighted by Gasteiger charge is -2.21. The molecule has 6 heteroatoms. The van der Waals surface area contributed by atoms with Gasteiger partial charge in [0.1, 0.15) is 23.9 Å². The van der Waals surface area contributed by atoms with Gasteiger partial charge in [0.25, 0.3) is 0 Å². The molecule has 0 saturated carbocycles. The Labute approximate surface area is 131 Å². The summed E-state index contributed by atoms with van der Waals surface area (Å²) >= 11 is 11.8. The Hall–Kier alpha value is -1.49. The molecule has 0 saturated heterocycles. The highest BCUT2D eigenvalue weighted by atomic mass is 35.5. The SMILES string of the molecule is Fc1cc2c(c(COc3cc(Cl)cc(Cl)c3)c1)OCOC2. The molecule has 0 unspecified atom stereocenters. The van der Waals surface area contributed by atoms with Gasteiger partial charge >= 0.3 is 0 Å². The van der Waals surface area contributed by atoms with E-state index in [1.165, 1.54) is 12.1 Å². The Morgan fingerprint density at radius 3 is 2.62 bits per heavy atom. The first-order chi connectivity index (χ1) is 10.1. The van der Waals surface area contributed by atoms with Crippen molar-refractivity contribution in [3.8, 4) is 11.5 Å². The summed E-state index contributed by atoms with van der Waals surface area (Å²) in [5, 5.41) is 0.951. The highest BCUT2D eigenvalue weighted by molar-refractivity contribution is 6.34. The predicted molar refractivity (Wildman–Crippen MR) is 77.5 cm³/mol. The summed E-state index contributed by atoms with van der Waals surface area (Å²) in [6.45, 7) is 0.620. The number of benzene rings is 2. The van der Waals surface area contributed by atoms with Crippen LogP contribution < -0.4 is 9.47 Å². The zero-order chi connectivity index (χ0) is 14.8. The maximum atomic E-state index is 13.6. The van der Waals surface area contributed by atoms with Crippen molar-refractivity contribution in [3.63, 3.8) is 0 Å². The van der Waals surface area contributed by atoms with E-state index in [-0.39, 0.29) is 19.2 Å². The third kappa shape index (κ3) is 3.40. The normalized spacial score (nSPS) is 13.5. The van der Waals surface area contributed by atoms with Crippen LogP contribution in [0.3, 0.4) is 0 Å². The van der Waals surface area contributed by atoms with E-state index in [0.29, 0.717) is 39.3 Å². The molecular formula is C15H11Cl2FO3. The molecule has 1 aliphatic rings. The molecule has 0 N–H and O–H groups in total. The minimum absolute atomic E-state index is 0.147. The fourth-order valence-electron chi connectivity index (χ4n) is 2.14. The predicted octanol–water partition coefficient (Wildman–Crippen LogP) is 4.58. The van der Waals surface area contributed by atoms with Gasteiger partial charge in [-0.05, 0) is 30.3 Å². The van der Waals surface area contributed by atoms with Gasteiger partial charge in [0, 0.05) is 21.2 Å². The molecule has 0 aromatic heterocycles. The number of fused-ring (bicyclic) bond motifs is 1. The van der Waals surface area contributed by atoms with Gasteiger partial charge in [-0.2, -0.15) is 0 Å². The molecule has 21 heavy (non-hydrogen) atoms. The molecule has 0 spiro atoms. The average molecular weight is 329 g/mol. The monoisotopic (exact) mass is 328 g/mol. The summed E-state index contributed by atoms with van der Waals surface area (Å²) in [5.74, 6) is 0.763. The second-order valence-electron chi connectivity index (χ2n) is 4.56. The third-order valence-electron chi connectivity index (χ3n) is 2.98. The summed E-state index contributed by atoms with van der Waals surface area (Å²) in [6.07, 6.45) is 0. The molecule has 3 rings (SSSR count).